The van der Waals surface area contributed by atoms with Gasteiger partial charge in [0.25, 0.3) is 0 Å². The second kappa shape index (κ2) is 6.36. The lowest BCUT2D eigenvalue weighted by atomic mass is 10.2. The molecule has 1 N–H and O–H groups in total. The van der Waals surface area contributed by atoms with Gasteiger partial charge >= 0.3 is 0 Å². The van der Waals surface area contributed by atoms with Gasteiger partial charge in [-0.05, 0) is 31.3 Å². The molecule has 1 aromatic heterocycles. The highest BCUT2D eigenvalue weighted by atomic mass is 79.9. The molecule has 1 unspecified atom stereocenters. The topological polar surface area (TPSA) is 42.7 Å². The van der Waals surface area contributed by atoms with E-state index in [2.05, 4.69) is 55.8 Å². The molecule has 0 aliphatic heterocycles. The molecule has 1 atom stereocenters. The summed E-state index contributed by atoms with van der Waals surface area (Å²) >= 11 is 5.26. The molecule has 0 spiro atoms. The lowest BCUT2D eigenvalue weighted by Crippen LogP contribution is -2.21. The molecule has 96 valence electrons. The summed E-state index contributed by atoms with van der Waals surface area (Å²) in [6.07, 6.45) is 1.81. The van der Waals surface area contributed by atoms with Gasteiger partial charge in [0.05, 0.1) is 17.9 Å². The number of benzene rings is 1. The van der Waals surface area contributed by atoms with Crippen LogP contribution in [0.5, 0.6) is 0 Å². The average Bonchev–Trinajstić information content (AvgIpc) is 2.79. The quantitative estimate of drug-likeness (QED) is 0.858. The third-order valence-corrected chi connectivity index (χ3v) is 4.32. The Kier molecular flexibility index (Phi) is 4.79. The predicted octanol–water partition coefficient (Wildman–Crippen LogP) is 2.63. The van der Waals surface area contributed by atoms with Crippen LogP contribution in [0, 0.1) is 0 Å². The van der Waals surface area contributed by atoms with Gasteiger partial charge in [0, 0.05) is 22.2 Å². The van der Waals surface area contributed by atoms with Crippen molar-refractivity contribution in [3.8, 4) is 0 Å². The summed E-state index contributed by atoms with van der Waals surface area (Å²) in [5.74, 6) is 0.944. The van der Waals surface area contributed by atoms with E-state index in [1.54, 1.807) is 0 Å². The van der Waals surface area contributed by atoms with E-state index in [0.717, 1.165) is 15.9 Å². The average molecular weight is 327 g/mol. The minimum Gasteiger partial charge on any atom is -0.311 e. The molecule has 0 amide bonds. The summed E-state index contributed by atoms with van der Waals surface area (Å²) in [6, 6.07) is 8.59. The molecule has 4 nitrogen and oxygen atoms in total. The maximum atomic E-state index is 3.96. The Morgan fingerprint density at radius 1 is 1.39 bits per heavy atom. The predicted molar refractivity (Wildman–Crippen MR) is 77.7 cm³/mol. The molecule has 0 aliphatic rings. The largest absolute Gasteiger partial charge is 0.311 e. The Morgan fingerprint density at radius 2 is 2.11 bits per heavy atom. The summed E-state index contributed by atoms with van der Waals surface area (Å²) in [4.78, 5) is 1.26. The first-order valence-corrected chi connectivity index (χ1v) is 7.39. The molecule has 0 fully saturated rings. The molecule has 0 saturated heterocycles. The van der Waals surface area contributed by atoms with Gasteiger partial charge in [-0.25, -0.2) is 0 Å². The number of halogens is 1. The van der Waals surface area contributed by atoms with Gasteiger partial charge in [0.2, 0.25) is 0 Å². The maximum Gasteiger partial charge on any atom is 0.0761 e. The van der Waals surface area contributed by atoms with E-state index in [4.69, 9.17) is 0 Å². The molecular weight excluding hydrogens is 312 g/mol. The normalized spacial score (nSPS) is 12.6. The number of hydrogen-bond donors (Lipinski definition) is 1. The van der Waals surface area contributed by atoms with Gasteiger partial charge in [-0.2, -0.15) is 0 Å². The van der Waals surface area contributed by atoms with Crippen LogP contribution >= 0.6 is 27.7 Å². The van der Waals surface area contributed by atoms with Crippen molar-refractivity contribution in [3.05, 3.63) is 40.6 Å². The van der Waals surface area contributed by atoms with Crippen molar-refractivity contribution in [3.63, 3.8) is 0 Å². The highest BCUT2D eigenvalue weighted by Crippen LogP contribution is 2.25. The highest BCUT2D eigenvalue weighted by Gasteiger charge is 2.13. The first-order chi connectivity index (χ1) is 8.70. The van der Waals surface area contributed by atoms with E-state index in [1.807, 2.05) is 36.7 Å². The molecule has 1 aromatic carbocycles. The number of rotatable bonds is 5. The summed E-state index contributed by atoms with van der Waals surface area (Å²) < 4.78 is 2.91. The van der Waals surface area contributed by atoms with Crippen LogP contribution in [-0.4, -0.2) is 27.8 Å². The van der Waals surface area contributed by atoms with E-state index >= 15 is 0 Å². The third kappa shape index (κ3) is 3.34. The van der Waals surface area contributed by atoms with Crippen molar-refractivity contribution in [1.82, 2.24) is 20.3 Å². The second-order valence-corrected chi connectivity index (χ2v) is 5.90. The van der Waals surface area contributed by atoms with Crippen LogP contribution in [0.15, 0.2) is 39.8 Å². The van der Waals surface area contributed by atoms with Gasteiger partial charge in [-0.1, -0.05) is 21.1 Å². The van der Waals surface area contributed by atoms with Crippen molar-refractivity contribution in [1.29, 1.82) is 0 Å². The molecule has 6 heteroatoms. The number of thioether (sulfide) groups is 1. The smallest absolute Gasteiger partial charge is 0.0761 e. The Hall–Kier alpha value is -0.850. The van der Waals surface area contributed by atoms with Crippen molar-refractivity contribution in [2.24, 2.45) is 7.05 Å². The van der Waals surface area contributed by atoms with Gasteiger partial charge in [0.1, 0.15) is 0 Å². The van der Waals surface area contributed by atoms with Crippen molar-refractivity contribution in [2.45, 2.75) is 10.9 Å². The van der Waals surface area contributed by atoms with E-state index in [-0.39, 0.29) is 6.04 Å². The molecule has 0 saturated carbocycles. The molecule has 1 heterocycles. The van der Waals surface area contributed by atoms with Crippen LogP contribution in [-0.2, 0) is 7.05 Å². The Labute approximate surface area is 119 Å². The van der Waals surface area contributed by atoms with Gasteiger partial charge < -0.3 is 5.32 Å². The zero-order valence-corrected chi connectivity index (χ0v) is 12.7. The van der Waals surface area contributed by atoms with E-state index in [0.29, 0.717) is 0 Å². The maximum absolute atomic E-state index is 3.96. The first-order valence-electron chi connectivity index (χ1n) is 5.61. The summed E-state index contributed by atoms with van der Waals surface area (Å²) in [5.41, 5.74) is 1.10. The molecule has 2 rings (SSSR count). The Balaban J connectivity index is 2.00. The molecule has 0 aliphatic carbocycles. The van der Waals surface area contributed by atoms with Crippen LogP contribution in [0.2, 0.25) is 0 Å². The van der Waals surface area contributed by atoms with Gasteiger partial charge in [-0.3, -0.25) is 4.68 Å². The van der Waals surface area contributed by atoms with Crippen LogP contribution in [0.3, 0.4) is 0 Å². The van der Waals surface area contributed by atoms with E-state index in [1.165, 1.54) is 4.90 Å². The van der Waals surface area contributed by atoms with Crippen LogP contribution in [0.1, 0.15) is 11.7 Å². The summed E-state index contributed by atoms with van der Waals surface area (Å²) in [7, 11) is 3.87. The number of aryl methyl sites for hydroxylation is 1. The Morgan fingerprint density at radius 3 is 2.67 bits per heavy atom. The fraction of sp³-hybridized carbons (Fsp3) is 0.333. The number of nitrogens with one attached hydrogen (secondary N) is 1. The highest BCUT2D eigenvalue weighted by molar-refractivity contribution is 9.10. The summed E-state index contributed by atoms with van der Waals surface area (Å²) in [6.45, 7) is 0. The van der Waals surface area contributed by atoms with Crippen LogP contribution in [0.25, 0.3) is 0 Å². The second-order valence-electron chi connectivity index (χ2n) is 3.89. The standard InChI is InChI=1S/C12H15BrN4S/c1-14-11(12-7-15-16-17(12)2)8-18-10-5-3-9(13)4-6-10/h3-7,11,14H,8H2,1-2H3. The van der Waals surface area contributed by atoms with Gasteiger partial charge in [0.15, 0.2) is 0 Å². The Bertz CT molecular complexity index is 497. The minimum absolute atomic E-state index is 0.249. The molecule has 18 heavy (non-hydrogen) atoms. The fourth-order valence-corrected chi connectivity index (χ4v) is 2.93. The third-order valence-electron chi connectivity index (χ3n) is 2.69. The van der Waals surface area contributed by atoms with E-state index in [9.17, 15) is 0 Å². The van der Waals surface area contributed by atoms with Crippen LogP contribution < -0.4 is 5.32 Å². The molecular formula is C12H15BrN4S. The summed E-state index contributed by atoms with van der Waals surface area (Å²) in [5, 5.41) is 11.2. The zero-order chi connectivity index (χ0) is 13.0. The molecule has 0 bridgehead atoms. The molecule has 0 radical (unpaired) electrons. The van der Waals surface area contributed by atoms with Gasteiger partial charge in [-0.15, -0.1) is 16.9 Å². The zero-order valence-electron chi connectivity index (χ0n) is 10.3. The number of hydrogen-bond acceptors (Lipinski definition) is 4. The van der Waals surface area contributed by atoms with Crippen molar-refractivity contribution in [2.75, 3.05) is 12.8 Å². The SMILES string of the molecule is CNC(CSc1ccc(Br)cc1)c1cnnn1C. The van der Waals surface area contributed by atoms with E-state index < -0.39 is 0 Å². The lowest BCUT2D eigenvalue weighted by Gasteiger charge is -2.15. The fourth-order valence-electron chi connectivity index (χ4n) is 1.64. The minimum atomic E-state index is 0.249. The number of nitrogens with zero attached hydrogens (tertiary/aromatic N) is 3. The van der Waals surface area contributed by atoms with Crippen LogP contribution in [0.4, 0.5) is 0 Å². The lowest BCUT2D eigenvalue weighted by molar-refractivity contribution is 0.580. The van der Waals surface area contributed by atoms with Crippen molar-refractivity contribution >= 4 is 27.7 Å². The number of aromatic nitrogens is 3. The monoisotopic (exact) mass is 326 g/mol. The first kappa shape index (κ1) is 13.6. The molecule has 2 aromatic rings. The van der Waals surface area contributed by atoms with Crippen molar-refractivity contribution < 1.29 is 0 Å².